The lowest BCUT2D eigenvalue weighted by molar-refractivity contribution is 0.409. The van der Waals surface area contributed by atoms with Gasteiger partial charge in [-0.1, -0.05) is 6.07 Å². The highest BCUT2D eigenvalue weighted by molar-refractivity contribution is 5.68. The summed E-state index contributed by atoms with van der Waals surface area (Å²) in [6.45, 7) is 7.28. The first kappa shape index (κ1) is 17.6. The Balaban J connectivity index is 1.80. The number of methoxy groups -OCH3 is 1. The Morgan fingerprint density at radius 2 is 1.96 bits per heavy atom. The third-order valence-electron chi connectivity index (χ3n) is 5.62. The van der Waals surface area contributed by atoms with Gasteiger partial charge in [-0.25, -0.2) is 0 Å². The molecule has 0 saturated carbocycles. The van der Waals surface area contributed by atoms with E-state index in [0.29, 0.717) is 0 Å². The quantitative estimate of drug-likeness (QED) is 0.715. The largest absolute Gasteiger partial charge is 0.494 e. The summed E-state index contributed by atoms with van der Waals surface area (Å²) in [6, 6.07) is 7.45. The summed E-state index contributed by atoms with van der Waals surface area (Å²) in [6.07, 6.45) is 2.86. The molecular weight excluding hydrogens is 338 g/mol. The van der Waals surface area contributed by atoms with Gasteiger partial charge in [-0.15, -0.1) is 0 Å². The van der Waals surface area contributed by atoms with Crippen LogP contribution in [0, 0.1) is 19.9 Å². The van der Waals surface area contributed by atoms with E-state index in [-0.39, 0.29) is 6.04 Å². The van der Waals surface area contributed by atoms with Crippen LogP contribution in [0.3, 0.4) is 0 Å². The smallest absolute Gasteiger partial charge is 0.145 e. The summed E-state index contributed by atoms with van der Waals surface area (Å²) in [5.74, 6) is 0.895. The van der Waals surface area contributed by atoms with Crippen LogP contribution in [-0.4, -0.2) is 33.2 Å². The van der Waals surface area contributed by atoms with Gasteiger partial charge in [-0.3, -0.25) is 9.36 Å². The zero-order chi connectivity index (χ0) is 19.3. The van der Waals surface area contributed by atoms with Crippen molar-refractivity contribution in [3.05, 3.63) is 46.8 Å². The minimum atomic E-state index is 0.165. The summed E-state index contributed by atoms with van der Waals surface area (Å²) < 4.78 is 9.63. The first-order chi connectivity index (χ1) is 12.9. The number of hydrogen-bond acceptors (Lipinski definition) is 4. The molecule has 6 heteroatoms. The van der Waals surface area contributed by atoms with Gasteiger partial charge in [0.25, 0.3) is 0 Å². The number of nitrogens with zero attached hydrogens (tertiary/aromatic N) is 5. The van der Waals surface area contributed by atoms with E-state index < -0.39 is 0 Å². The molecule has 0 spiro atoms. The van der Waals surface area contributed by atoms with Crippen LogP contribution in [0.2, 0.25) is 0 Å². The summed E-state index contributed by atoms with van der Waals surface area (Å²) >= 11 is 0. The molecule has 0 fully saturated rings. The normalized spacial score (nSPS) is 16.5. The van der Waals surface area contributed by atoms with Crippen LogP contribution in [0.5, 0.6) is 5.75 Å². The molecule has 1 aromatic carbocycles. The van der Waals surface area contributed by atoms with E-state index in [9.17, 15) is 0 Å². The number of aryl methyl sites for hydroxylation is 4. The topological polar surface area (TPSA) is 48.1 Å². The van der Waals surface area contributed by atoms with Gasteiger partial charge in [0, 0.05) is 31.8 Å². The molecule has 0 N–H and O–H groups in total. The minimum absolute atomic E-state index is 0.165. The van der Waals surface area contributed by atoms with Crippen LogP contribution in [0.1, 0.15) is 35.3 Å². The Labute approximate surface area is 160 Å². The molecule has 6 nitrogen and oxygen atoms in total. The Hall–Kier alpha value is -2.76. The SMILES string of the molecule is COc1c(C)[c]ccc1N1CCc2c(nn(C)c2-c2c(C)cnn2C)[C@@H]1C. The van der Waals surface area contributed by atoms with Gasteiger partial charge < -0.3 is 9.64 Å². The molecule has 1 aliphatic heterocycles. The van der Waals surface area contributed by atoms with E-state index in [2.05, 4.69) is 36.0 Å². The third-order valence-corrected chi connectivity index (χ3v) is 5.62. The predicted octanol–water partition coefficient (Wildman–Crippen LogP) is 3.37. The first-order valence-corrected chi connectivity index (χ1v) is 9.30. The lowest BCUT2D eigenvalue weighted by atomic mass is 9.95. The lowest BCUT2D eigenvalue weighted by Gasteiger charge is -2.36. The maximum absolute atomic E-state index is 5.67. The van der Waals surface area contributed by atoms with Crippen LogP contribution in [0.25, 0.3) is 11.4 Å². The molecule has 1 radical (unpaired) electrons. The fourth-order valence-corrected chi connectivity index (χ4v) is 4.32. The van der Waals surface area contributed by atoms with Crippen molar-refractivity contribution in [3.63, 3.8) is 0 Å². The number of aromatic nitrogens is 4. The molecule has 2 aromatic heterocycles. The van der Waals surface area contributed by atoms with Crippen molar-refractivity contribution in [3.8, 4) is 17.1 Å². The van der Waals surface area contributed by atoms with E-state index in [1.54, 1.807) is 7.11 Å². The Morgan fingerprint density at radius 3 is 2.63 bits per heavy atom. The summed E-state index contributed by atoms with van der Waals surface area (Å²) in [5.41, 5.74) is 8.09. The molecule has 0 aliphatic carbocycles. The molecule has 0 saturated heterocycles. The van der Waals surface area contributed by atoms with Crippen molar-refractivity contribution in [2.75, 3.05) is 18.6 Å². The van der Waals surface area contributed by atoms with Gasteiger partial charge in [0.2, 0.25) is 0 Å². The van der Waals surface area contributed by atoms with Crippen molar-refractivity contribution in [1.82, 2.24) is 19.6 Å². The predicted molar refractivity (Wildman–Crippen MR) is 106 cm³/mol. The van der Waals surface area contributed by atoms with Crippen molar-refractivity contribution in [2.45, 2.75) is 33.2 Å². The Kier molecular flexibility index (Phi) is 4.21. The summed E-state index contributed by atoms with van der Waals surface area (Å²) in [7, 11) is 5.75. The Morgan fingerprint density at radius 1 is 1.19 bits per heavy atom. The number of benzene rings is 1. The fourth-order valence-electron chi connectivity index (χ4n) is 4.32. The van der Waals surface area contributed by atoms with Crippen LogP contribution in [0.15, 0.2) is 18.3 Å². The second kappa shape index (κ2) is 6.44. The van der Waals surface area contributed by atoms with Crippen LogP contribution >= 0.6 is 0 Å². The van der Waals surface area contributed by atoms with Crippen LogP contribution < -0.4 is 9.64 Å². The van der Waals surface area contributed by atoms with Crippen molar-refractivity contribution in [1.29, 1.82) is 0 Å². The average Bonchev–Trinajstić information content (AvgIpc) is 3.14. The lowest BCUT2D eigenvalue weighted by Crippen LogP contribution is -2.34. The van der Waals surface area contributed by atoms with E-state index >= 15 is 0 Å². The fraction of sp³-hybridized carbons (Fsp3) is 0.429. The Bertz CT molecular complexity index is 981. The highest BCUT2D eigenvalue weighted by Gasteiger charge is 2.32. The molecule has 0 unspecified atom stereocenters. The third kappa shape index (κ3) is 2.62. The summed E-state index contributed by atoms with van der Waals surface area (Å²) in [4.78, 5) is 2.38. The molecule has 3 heterocycles. The van der Waals surface area contributed by atoms with Crippen LogP contribution in [0.4, 0.5) is 5.69 Å². The van der Waals surface area contributed by atoms with Gasteiger partial charge in [0.05, 0.1) is 42.1 Å². The van der Waals surface area contributed by atoms with Crippen molar-refractivity contribution in [2.24, 2.45) is 14.1 Å². The number of anilines is 1. The maximum Gasteiger partial charge on any atom is 0.145 e. The molecule has 1 atom stereocenters. The second-order valence-electron chi connectivity index (χ2n) is 7.28. The second-order valence-corrected chi connectivity index (χ2v) is 7.28. The van der Waals surface area contributed by atoms with Gasteiger partial charge in [-0.2, -0.15) is 10.2 Å². The first-order valence-electron chi connectivity index (χ1n) is 9.30. The number of ether oxygens (including phenoxy) is 1. The maximum atomic E-state index is 5.67. The molecular formula is C21H26N5O. The van der Waals surface area contributed by atoms with E-state index in [0.717, 1.165) is 41.4 Å². The zero-order valence-corrected chi connectivity index (χ0v) is 16.9. The molecule has 141 valence electrons. The molecule has 27 heavy (non-hydrogen) atoms. The molecule has 3 aromatic rings. The van der Waals surface area contributed by atoms with E-state index in [4.69, 9.17) is 9.84 Å². The highest BCUT2D eigenvalue weighted by atomic mass is 16.5. The minimum Gasteiger partial charge on any atom is -0.494 e. The average molecular weight is 364 g/mol. The molecule has 4 rings (SSSR count). The number of rotatable bonds is 3. The number of hydrogen-bond donors (Lipinski definition) is 0. The van der Waals surface area contributed by atoms with E-state index in [1.165, 1.54) is 16.8 Å². The van der Waals surface area contributed by atoms with Gasteiger partial charge in [0.15, 0.2) is 0 Å². The van der Waals surface area contributed by atoms with Gasteiger partial charge >= 0.3 is 0 Å². The molecule has 1 aliphatic rings. The summed E-state index contributed by atoms with van der Waals surface area (Å²) in [5, 5.41) is 9.33. The molecule has 0 amide bonds. The molecule has 0 bridgehead atoms. The zero-order valence-electron chi connectivity index (χ0n) is 16.9. The van der Waals surface area contributed by atoms with Crippen molar-refractivity contribution < 1.29 is 4.74 Å². The number of fused-ring (bicyclic) bond motifs is 1. The van der Waals surface area contributed by atoms with Gasteiger partial charge in [0.1, 0.15) is 5.75 Å². The standard InChI is InChI=1S/C21H26N5O/c1-13-8-7-9-17(21(13)27-6)26-11-10-16-18(15(26)3)23-25(5)20(16)19-14(2)12-22-24(19)4/h7,9,12,15H,10-11H2,1-6H3/t15-/m0/s1. The van der Waals surface area contributed by atoms with Crippen molar-refractivity contribution >= 4 is 5.69 Å². The monoisotopic (exact) mass is 364 g/mol. The van der Waals surface area contributed by atoms with Crippen LogP contribution in [-0.2, 0) is 20.5 Å². The highest BCUT2D eigenvalue weighted by Crippen LogP contribution is 2.41. The van der Waals surface area contributed by atoms with E-state index in [1.807, 2.05) is 42.6 Å². The van der Waals surface area contributed by atoms with Gasteiger partial charge in [-0.05, 0) is 44.9 Å².